The lowest BCUT2D eigenvalue weighted by Gasteiger charge is -2.14. The summed E-state index contributed by atoms with van der Waals surface area (Å²) in [5.41, 5.74) is 6.45. The Morgan fingerprint density at radius 1 is 0.429 bits per heavy atom. The van der Waals surface area contributed by atoms with E-state index >= 15 is 0 Å². The van der Waals surface area contributed by atoms with Gasteiger partial charge in [-0.2, -0.15) is 0 Å². The number of hydrogen-bond acceptors (Lipinski definition) is 2. The Balaban J connectivity index is 1.29. The molecule has 0 N–H and O–H groups in total. The van der Waals surface area contributed by atoms with Crippen LogP contribution in [0.15, 0.2) is 176 Å². The van der Waals surface area contributed by atoms with Crippen molar-refractivity contribution in [2.75, 3.05) is 0 Å². The number of rotatable bonds is 4. The third-order valence-corrected chi connectivity index (χ3v) is 9.24. The first-order valence-corrected chi connectivity index (χ1v) is 16.1. The summed E-state index contributed by atoms with van der Waals surface area (Å²) < 4.78 is 63.9. The van der Waals surface area contributed by atoms with Crippen molar-refractivity contribution in [2.24, 2.45) is 0 Å². The highest BCUT2D eigenvalue weighted by atomic mass is 15.2. The second-order valence-corrected chi connectivity index (χ2v) is 12.1. The third kappa shape index (κ3) is 4.59. The molecular weight excluding hydrogens is 595 g/mol. The van der Waals surface area contributed by atoms with Gasteiger partial charge in [0.05, 0.1) is 31.8 Å². The summed E-state index contributed by atoms with van der Waals surface area (Å²) in [5.74, 6) is 0.300. The summed E-state index contributed by atoms with van der Waals surface area (Å²) in [6.07, 6.45) is 0. The van der Waals surface area contributed by atoms with Gasteiger partial charge in [-0.3, -0.25) is 4.57 Å². The molecule has 0 bridgehead atoms. The van der Waals surface area contributed by atoms with Crippen LogP contribution in [0.5, 0.6) is 0 Å². The van der Waals surface area contributed by atoms with Crippen molar-refractivity contribution in [1.82, 2.24) is 14.5 Å². The minimum atomic E-state index is -0.515. The van der Waals surface area contributed by atoms with E-state index in [-0.39, 0.29) is 34.1 Å². The van der Waals surface area contributed by atoms with Crippen molar-refractivity contribution < 1.29 is 9.60 Å². The van der Waals surface area contributed by atoms with E-state index in [2.05, 4.69) is 54.6 Å². The van der Waals surface area contributed by atoms with E-state index in [1.54, 1.807) is 0 Å². The fourth-order valence-electron chi connectivity index (χ4n) is 6.84. The van der Waals surface area contributed by atoms with Crippen molar-refractivity contribution in [1.29, 1.82) is 0 Å². The van der Waals surface area contributed by atoms with Crippen LogP contribution in [0.1, 0.15) is 9.60 Å². The summed E-state index contributed by atoms with van der Waals surface area (Å²) in [6.45, 7) is 0. The van der Waals surface area contributed by atoms with E-state index in [1.165, 1.54) is 0 Å². The monoisotopic (exact) mass is 630 g/mol. The topological polar surface area (TPSA) is 30.7 Å². The van der Waals surface area contributed by atoms with Gasteiger partial charge in [-0.1, -0.05) is 139 Å². The van der Waals surface area contributed by atoms with Crippen LogP contribution in [0.2, 0.25) is 0 Å². The number of nitrogens with zero attached hydrogens (tertiary/aromatic N) is 3. The molecule has 2 heterocycles. The van der Waals surface area contributed by atoms with Gasteiger partial charge in [0.25, 0.3) is 0 Å². The van der Waals surface area contributed by atoms with Crippen molar-refractivity contribution in [3.63, 3.8) is 0 Å². The van der Waals surface area contributed by atoms with Crippen LogP contribution in [-0.4, -0.2) is 14.5 Å². The number of benzene rings is 8. The Morgan fingerprint density at radius 3 is 1.94 bits per heavy atom. The standard InChI is InChI=1S/C46H29N3/c1-2-10-30(11-3-1)32-18-20-33(21-19-32)37-24-25-42-41(28-37)45(38-23-22-31-12-4-5-13-34(31)26-38)48-46(47-42)49-43-17-9-8-16-39(43)40-27-35-14-6-7-15-36(35)29-44(40)49/h1-29H/i4D,5D,12D,13D,22D,23D,26D. The van der Waals surface area contributed by atoms with E-state index in [9.17, 15) is 2.74 Å². The smallest absolute Gasteiger partial charge is 0.235 e. The van der Waals surface area contributed by atoms with Gasteiger partial charge in [0.1, 0.15) is 0 Å². The molecule has 10 aromatic rings. The quantitative estimate of drug-likeness (QED) is 0.194. The van der Waals surface area contributed by atoms with E-state index < -0.39 is 30.2 Å². The van der Waals surface area contributed by atoms with Crippen LogP contribution in [0.25, 0.3) is 93.7 Å². The molecule has 8 aromatic carbocycles. The zero-order valence-corrected chi connectivity index (χ0v) is 26.0. The highest BCUT2D eigenvalue weighted by Gasteiger charge is 2.18. The number of hydrogen-bond donors (Lipinski definition) is 0. The molecule has 228 valence electrons. The van der Waals surface area contributed by atoms with Gasteiger partial charge in [0, 0.05) is 21.7 Å². The molecule has 3 nitrogen and oxygen atoms in total. The molecule has 0 fully saturated rings. The maximum atomic E-state index is 9.50. The predicted octanol–water partition coefficient (Wildman–Crippen LogP) is 12.0. The minimum Gasteiger partial charge on any atom is -0.278 e. The highest BCUT2D eigenvalue weighted by molar-refractivity contribution is 6.13. The molecule has 0 radical (unpaired) electrons. The summed E-state index contributed by atoms with van der Waals surface area (Å²) >= 11 is 0. The van der Waals surface area contributed by atoms with Gasteiger partial charge in [-0.05, 0) is 80.2 Å². The summed E-state index contributed by atoms with van der Waals surface area (Å²) in [7, 11) is 0. The molecule has 0 aliphatic carbocycles. The predicted molar refractivity (Wildman–Crippen MR) is 205 cm³/mol. The van der Waals surface area contributed by atoms with Crippen LogP contribution in [-0.2, 0) is 0 Å². The van der Waals surface area contributed by atoms with E-state index in [0.717, 1.165) is 54.8 Å². The van der Waals surface area contributed by atoms with Crippen molar-refractivity contribution in [2.45, 2.75) is 0 Å². The molecule has 0 saturated carbocycles. The summed E-state index contributed by atoms with van der Waals surface area (Å²) in [4.78, 5) is 10.3. The fraction of sp³-hybridized carbons (Fsp3) is 0. The molecule has 3 heteroatoms. The molecule has 0 aliphatic rings. The number of aromatic nitrogens is 3. The lowest BCUT2D eigenvalue weighted by atomic mass is 9.97. The van der Waals surface area contributed by atoms with Gasteiger partial charge >= 0.3 is 0 Å². The molecule has 0 saturated heterocycles. The molecule has 10 rings (SSSR count). The van der Waals surface area contributed by atoms with Crippen LogP contribution in [0, 0.1) is 0 Å². The first-order valence-electron chi connectivity index (χ1n) is 19.6. The molecule has 0 amide bonds. The van der Waals surface area contributed by atoms with Crippen LogP contribution >= 0.6 is 0 Å². The number of para-hydroxylation sites is 1. The summed E-state index contributed by atoms with van der Waals surface area (Å²) in [5, 5.41) is 4.39. The molecule has 0 spiro atoms. The van der Waals surface area contributed by atoms with Crippen LogP contribution in [0.4, 0.5) is 0 Å². The average Bonchev–Trinajstić information content (AvgIpc) is 3.55. The van der Waals surface area contributed by atoms with Gasteiger partial charge < -0.3 is 0 Å². The SMILES string of the molecule is [2H]c1c([2H])c([2H])c2c([2H])c(-c3nc(-n4c5ccccc5c5cc6ccccc6cc54)nc4ccc(-c5ccc(-c6ccccc6)cc5)cc34)c([2H])c([2H])c2c1[2H]. The molecular formula is C46H29N3. The average molecular weight is 631 g/mol. The molecule has 0 unspecified atom stereocenters. The molecule has 49 heavy (non-hydrogen) atoms. The van der Waals surface area contributed by atoms with E-state index in [1.807, 2.05) is 83.4 Å². The lowest BCUT2D eigenvalue weighted by molar-refractivity contribution is 1.01. The number of fused-ring (bicyclic) bond motifs is 6. The van der Waals surface area contributed by atoms with Gasteiger partial charge in [0.15, 0.2) is 0 Å². The normalized spacial score (nSPS) is 13.7. The minimum absolute atomic E-state index is 0.0102. The maximum Gasteiger partial charge on any atom is 0.235 e. The maximum absolute atomic E-state index is 9.50. The molecule has 0 aliphatic heterocycles. The highest BCUT2D eigenvalue weighted by Crippen LogP contribution is 2.37. The van der Waals surface area contributed by atoms with Gasteiger partial charge in [-0.25, -0.2) is 9.97 Å². The Morgan fingerprint density at radius 2 is 1.10 bits per heavy atom. The first-order chi connectivity index (χ1) is 27.2. The summed E-state index contributed by atoms with van der Waals surface area (Å²) in [6, 6.07) is 41.6. The van der Waals surface area contributed by atoms with Crippen molar-refractivity contribution in [3.05, 3.63) is 176 Å². The second kappa shape index (κ2) is 11.0. The van der Waals surface area contributed by atoms with Crippen molar-refractivity contribution >= 4 is 54.3 Å². The molecule has 2 aromatic heterocycles. The zero-order chi connectivity index (χ0) is 38.4. The Hall–Kier alpha value is -6.58. The van der Waals surface area contributed by atoms with Crippen LogP contribution < -0.4 is 0 Å². The van der Waals surface area contributed by atoms with E-state index in [0.29, 0.717) is 16.9 Å². The molecule has 0 atom stereocenters. The third-order valence-electron chi connectivity index (χ3n) is 9.24. The Labute approximate surface area is 293 Å². The van der Waals surface area contributed by atoms with Gasteiger partial charge in [-0.15, -0.1) is 0 Å². The van der Waals surface area contributed by atoms with E-state index in [4.69, 9.17) is 16.8 Å². The lowest BCUT2D eigenvalue weighted by Crippen LogP contribution is -2.03. The largest absolute Gasteiger partial charge is 0.278 e. The Bertz CT molecular complexity index is 3270. The van der Waals surface area contributed by atoms with Crippen LogP contribution in [0.3, 0.4) is 0 Å². The second-order valence-electron chi connectivity index (χ2n) is 12.1. The Kier molecular flexibility index (Phi) is 4.79. The zero-order valence-electron chi connectivity index (χ0n) is 33.0. The fourth-order valence-corrected chi connectivity index (χ4v) is 6.84. The van der Waals surface area contributed by atoms with Crippen molar-refractivity contribution in [3.8, 4) is 39.5 Å². The first kappa shape index (κ1) is 21.3. The van der Waals surface area contributed by atoms with Gasteiger partial charge in [0.2, 0.25) is 5.95 Å².